The number of hydrogen-bond acceptors (Lipinski definition) is 8. The summed E-state index contributed by atoms with van der Waals surface area (Å²) >= 11 is 6.40. The number of ether oxygens (including phenoxy) is 2. The molecule has 0 atom stereocenters. The summed E-state index contributed by atoms with van der Waals surface area (Å²) in [5.74, 6) is -2.19. The van der Waals surface area contributed by atoms with Crippen LogP contribution in [0.5, 0.6) is 17.2 Å². The van der Waals surface area contributed by atoms with E-state index in [0.717, 1.165) is 24.3 Å². The van der Waals surface area contributed by atoms with Crippen LogP contribution < -0.4 is 60.9 Å². The monoisotopic (exact) mass is 575 g/mol. The first kappa shape index (κ1) is 16.8. The zero-order chi connectivity index (χ0) is 35.9. The first-order valence-corrected chi connectivity index (χ1v) is 11.7. The first-order chi connectivity index (χ1) is 22.0. The summed E-state index contributed by atoms with van der Waals surface area (Å²) in [6.45, 7) is -10.7. The van der Waals surface area contributed by atoms with Crippen molar-refractivity contribution in [1.82, 2.24) is 19.9 Å². The van der Waals surface area contributed by atoms with Crippen LogP contribution in [0.2, 0.25) is 5.15 Å². The predicted molar refractivity (Wildman–Crippen MR) is 136 cm³/mol. The van der Waals surface area contributed by atoms with Gasteiger partial charge in [0.1, 0.15) is 0 Å². The predicted octanol–water partition coefficient (Wildman–Crippen LogP) is 3.08. The second kappa shape index (κ2) is 12.2. The van der Waals surface area contributed by atoms with E-state index in [0.29, 0.717) is 0 Å². The molecule has 0 amide bonds. The van der Waals surface area contributed by atoms with Crippen LogP contribution in [0.15, 0.2) is 71.9 Å². The van der Waals surface area contributed by atoms with Gasteiger partial charge in [-0.1, -0.05) is 56.4 Å². The quantitative estimate of drug-likeness (QED) is 0.244. The summed E-state index contributed by atoms with van der Waals surface area (Å²) in [7, 11) is -7.73. The molecule has 0 radical (unpaired) electrons. The van der Waals surface area contributed by atoms with Crippen molar-refractivity contribution in [2.45, 2.75) is 30.9 Å². The van der Waals surface area contributed by atoms with Crippen molar-refractivity contribution in [1.29, 1.82) is 0 Å². The number of rotatable bonds is 7. The largest absolute Gasteiger partial charge is 1.00 e. The molecule has 0 aliphatic heterocycles. The molecule has 0 saturated carbocycles. The van der Waals surface area contributed by atoms with Gasteiger partial charge < -0.3 is 19.2 Å². The number of halogens is 1. The Balaban J connectivity index is 0.00000650. The maximum absolute atomic E-state index is 13.6. The maximum atomic E-state index is 13.6. The second-order valence-electron chi connectivity index (χ2n) is 7.05. The minimum absolute atomic E-state index is 0. The van der Waals surface area contributed by atoms with Gasteiger partial charge in [-0.05, 0) is 47.1 Å². The van der Waals surface area contributed by atoms with E-state index in [9.17, 15) is 8.42 Å². The molecule has 2 heterocycles. The van der Waals surface area contributed by atoms with Gasteiger partial charge in [0, 0.05) is 24.7 Å². The molecule has 0 bridgehead atoms. The van der Waals surface area contributed by atoms with Gasteiger partial charge in [0.05, 0.1) is 21.9 Å². The number of hydrogen-bond donors (Lipinski definition) is 0. The van der Waals surface area contributed by atoms with Crippen LogP contribution >= 0.6 is 11.6 Å². The summed E-state index contributed by atoms with van der Waals surface area (Å²) in [4.78, 5) is 15.5. The third kappa shape index (κ3) is 7.05. The normalized spacial score (nSPS) is 17.5. The van der Waals surface area contributed by atoms with Crippen molar-refractivity contribution in [3.63, 3.8) is 0 Å². The average Bonchev–Trinajstić information content (AvgIpc) is 2.93. The van der Waals surface area contributed by atoms with Gasteiger partial charge in [0.15, 0.2) is 28.2 Å². The molecule has 0 saturated heterocycles. The molecular weight excluding hydrogens is 541 g/mol. The van der Waals surface area contributed by atoms with Crippen LogP contribution in [0.1, 0.15) is 42.6 Å². The number of para-hydroxylation sites is 2. The van der Waals surface area contributed by atoms with E-state index in [2.05, 4.69) is 24.7 Å². The standard InChI is InChI=1S/C25H23ClN5O4S.K/c1-25(2,3)16-10-12-17(13-11-16)36(32,33)31-22-20(35-19-9-6-5-8-18(19)34-4)21(26)29-24(30-22)23-27-14-7-15-28-23;/h5-15H,1-4H3;/q-1;+1/i1D3,2D3,3D3,4D3;. The van der Waals surface area contributed by atoms with E-state index in [1.165, 1.54) is 42.7 Å². The number of nitrogens with zero attached hydrogens (tertiary/aromatic N) is 5. The Morgan fingerprint density at radius 1 is 0.919 bits per heavy atom. The molecule has 2 aromatic heterocycles. The second-order valence-corrected chi connectivity index (χ2v) is 9.02. The summed E-state index contributed by atoms with van der Waals surface area (Å²) in [5, 5.41) is -0.502. The van der Waals surface area contributed by atoms with Crippen LogP contribution in [-0.2, 0) is 15.4 Å². The Morgan fingerprint density at radius 3 is 2.24 bits per heavy atom. The fourth-order valence-corrected chi connectivity index (χ4v) is 3.99. The molecule has 0 unspecified atom stereocenters. The molecular formula is C25H23ClKN5O4S. The van der Waals surface area contributed by atoms with Crippen molar-refractivity contribution in [2.24, 2.45) is 0 Å². The van der Waals surface area contributed by atoms with Gasteiger partial charge in [0.2, 0.25) is 10.0 Å². The molecule has 4 rings (SSSR count). The molecule has 0 fully saturated rings. The zero-order valence-corrected chi connectivity index (χ0v) is 23.7. The Bertz CT molecular complexity index is 1860. The van der Waals surface area contributed by atoms with E-state index in [4.69, 9.17) is 37.5 Å². The Kier molecular flexibility index (Phi) is 5.51. The van der Waals surface area contributed by atoms with Gasteiger partial charge in [-0.3, -0.25) is 0 Å². The van der Waals surface area contributed by atoms with E-state index in [1.54, 1.807) is 0 Å². The summed E-state index contributed by atoms with van der Waals surface area (Å²) in [5.41, 5.74) is -4.06. The molecule has 37 heavy (non-hydrogen) atoms. The van der Waals surface area contributed by atoms with E-state index in [1.807, 2.05) is 0 Å². The van der Waals surface area contributed by atoms with Gasteiger partial charge in [-0.25, -0.2) is 23.4 Å². The number of methoxy groups -OCH3 is 1. The third-order valence-electron chi connectivity index (χ3n) is 4.54. The summed E-state index contributed by atoms with van der Waals surface area (Å²) in [6, 6.07) is 10.0. The van der Waals surface area contributed by atoms with E-state index < -0.39 is 70.2 Å². The van der Waals surface area contributed by atoms with Crippen molar-refractivity contribution in [3.8, 4) is 28.9 Å². The van der Waals surface area contributed by atoms with Crippen molar-refractivity contribution < 1.29 is 85.7 Å². The van der Waals surface area contributed by atoms with Crippen molar-refractivity contribution >= 4 is 27.4 Å². The Hall–Kier alpha value is -2.12. The van der Waals surface area contributed by atoms with Crippen LogP contribution in [0.3, 0.4) is 0 Å². The van der Waals surface area contributed by atoms with E-state index >= 15 is 0 Å². The van der Waals surface area contributed by atoms with Gasteiger partial charge in [-0.15, -0.1) is 0 Å². The number of aromatic nitrogens is 4. The Labute approximate surface area is 280 Å². The van der Waals surface area contributed by atoms with Crippen LogP contribution in [0.25, 0.3) is 16.4 Å². The van der Waals surface area contributed by atoms with Crippen LogP contribution in [-0.4, -0.2) is 35.4 Å². The zero-order valence-electron chi connectivity index (χ0n) is 31.0. The minimum Gasteiger partial charge on any atom is -0.493 e. The molecule has 4 aromatic rings. The van der Waals surface area contributed by atoms with Crippen molar-refractivity contribution in [2.75, 3.05) is 7.04 Å². The Morgan fingerprint density at radius 2 is 1.59 bits per heavy atom. The molecule has 12 heteroatoms. The molecule has 186 valence electrons. The molecule has 0 aliphatic rings. The molecule has 0 aliphatic carbocycles. The van der Waals surface area contributed by atoms with Gasteiger partial charge in [0.25, 0.3) is 0 Å². The van der Waals surface area contributed by atoms with E-state index in [-0.39, 0.29) is 74.5 Å². The SMILES string of the molecule is [2H]C([2H])([2H])Oc1ccccc1Oc1c(Cl)nc(-c2ncccn2)nc1[N-]S(=O)(=O)c1ccc(C(C([2H])([2H])[2H])(C([2H])([2H])[2H])C([2H])([2H])[2H])cc1.[K+]. The number of sulfonamides is 1. The molecule has 9 nitrogen and oxygen atoms in total. The van der Waals surface area contributed by atoms with Crippen molar-refractivity contribution in [3.05, 3.63) is 82.4 Å². The molecule has 2 aromatic carbocycles. The van der Waals surface area contributed by atoms with Crippen LogP contribution in [0.4, 0.5) is 5.82 Å². The fraction of sp³-hybridized carbons (Fsp3) is 0.200. The molecule has 0 spiro atoms. The minimum atomic E-state index is -4.84. The smallest absolute Gasteiger partial charge is 0.493 e. The third-order valence-corrected chi connectivity index (χ3v) is 6.07. The first-order valence-electron chi connectivity index (χ1n) is 15.9. The summed E-state index contributed by atoms with van der Waals surface area (Å²) < 4.78 is 135. The average molecular weight is 576 g/mol. The van der Waals surface area contributed by atoms with Gasteiger partial charge in [-0.2, -0.15) is 0 Å². The van der Waals surface area contributed by atoms with Gasteiger partial charge >= 0.3 is 51.4 Å². The topological polar surface area (TPSA) is 118 Å². The molecule has 0 N–H and O–H groups in total. The number of benzene rings is 2. The maximum Gasteiger partial charge on any atom is 1.00 e. The van der Waals surface area contributed by atoms with Crippen LogP contribution in [0, 0.1) is 0 Å². The fourth-order valence-electron chi connectivity index (χ4n) is 2.85. The summed E-state index contributed by atoms with van der Waals surface area (Å²) in [6.07, 6.45) is 2.69.